The van der Waals surface area contributed by atoms with Gasteiger partial charge in [0.05, 0.1) is 28.1 Å². The minimum atomic E-state index is -0.250. The number of ether oxygens (including phenoxy) is 1. The molecule has 3 rings (SSSR count). The largest absolute Gasteiger partial charge is 0.483 e. The number of fused-ring (bicyclic) bond motifs is 1. The Hall–Kier alpha value is -2.55. The Labute approximate surface area is 158 Å². The van der Waals surface area contributed by atoms with E-state index in [0.29, 0.717) is 10.7 Å². The van der Waals surface area contributed by atoms with Crippen molar-refractivity contribution in [1.82, 2.24) is 9.36 Å². The first kappa shape index (κ1) is 19.8. The summed E-state index contributed by atoms with van der Waals surface area (Å²) in [5, 5.41) is 13.0. The lowest BCUT2D eigenvalue weighted by Gasteiger charge is -2.11. The number of hydrogen-bond donors (Lipinski definition) is 2. The van der Waals surface area contributed by atoms with Crippen LogP contribution in [-0.4, -0.2) is 40.6 Å². The fourth-order valence-electron chi connectivity index (χ4n) is 2.31. The predicted octanol–water partition coefficient (Wildman–Crippen LogP) is 3.61. The quantitative estimate of drug-likeness (QED) is 0.656. The van der Waals surface area contributed by atoms with Crippen molar-refractivity contribution in [3.05, 3.63) is 40.4 Å². The Bertz CT molecular complexity index is 916. The number of halogens is 1. The van der Waals surface area contributed by atoms with Gasteiger partial charge in [-0.1, -0.05) is 11.6 Å². The van der Waals surface area contributed by atoms with Gasteiger partial charge in [-0.25, -0.2) is 9.36 Å². The number of carboxylic acid groups (broad SMARTS) is 1. The van der Waals surface area contributed by atoms with Crippen LogP contribution in [0.1, 0.15) is 5.56 Å². The number of nitrogens with zero attached hydrogens (tertiary/aromatic N) is 2. The smallest absolute Gasteiger partial charge is 0.290 e. The molecule has 136 valence electrons. The number of anilines is 1. The van der Waals surface area contributed by atoms with Crippen LogP contribution in [0.5, 0.6) is 0 Å². The first-order valence-electron chi connectivity index (χ1n) is 7.37. The highest BCUT2D eigenvalue weighted by molar-refractivity contribution is 7.03. The summed E-state index contributed by atoms with van der Waals surface area (Å²) in [5.74, 6) is -0.250. The van der Waals surface area contributed by atoms with Crippen LogP contribution in [0.3, 0.4) is 0 Å². The third-order valence-electron chi connectivity index (χ3n) is 3.38. The summed E-state index contributed by atoms with van der Waals surface area (Å²) in [6.45, 7) is 1.73. The Morgan fingerprint density at radius 3 is 2.77 bits per heavy atom. The van der Waals surface area contributed by atoms with Crippen LogP contribution in [0.15, 0.2) is 29.8 Å². The summed E-state index contributed by atoms with van der Waals surface area (Å²) >= 11 is 7.66. The molecule has 1 amide bonds. The summed E-state index contributed by atoms with van der Waals surface area (Å²) in [6, 6.07) is 5.60. The molecule has 0 aliphatic rings. The molecule has 0 radical (unpaired) electrons. The lowest BCUT2D eigenvalue weighted by Crippen LogP contribution is -2.17. The van der Waals surface area contributed by atoms with E-state index in [-0.39, 0.29) is 19.0 Å². The van der Waals surface area contributed by atoms with E-state index in [0.717, 1.165) is 27.7 Å². The van der Waals surface area contributed by atoms with Gasteiger partial charge in [-0.3, -0.25) is 9.59 Å². The third-order valence-corrected chi connectivity index (χ3v) is 4.28. The predicted molar refractivity (Wildman–Crippen MR) is 102 cm³/mol. The van der Waals surface area contributed by atoms with Crippen LogP contribution in [0.2, 0.25) is 5.02 Å². The zero-order chi connectivity index (χ0) is 19.1. The van der Waals surface area contributed by atoms with Crippen LogP contribution in [-0.2, 0) is 14.3 Å². The van der Waals surface area contributed by atoms with Crippen molar-refractivity contribution in [3.8, 4) is 11.3 Å². The number of methoxy groups -OCH3 is 1. The standard InChI is InChI=1S/C16H14ClN3O2S.CH2O2/c1-9-3-13(10-6-18-23-8-10)19-14-5-12(17)15(4-11(9)14)20-16(21)7-22-2;2-1-3/h3-6,8H,7H2,1-2H3,(H,20,21);1H,(H,2,3). The van der Waals surface area contributed by atoms with Gasteiger partial charge in [0.1, 0.15) is 6.61 Å². The topological polar surface area (TPSA) is 101 Å². The fraction of sp³-hybridized carbons (Fsp3) is 0.176. The molecule has 7 nitrogen and oxygen atoms in total. The summed E-state index contributed by atoms with van der Waals surface area (Å²) in [7, 11) is 1.47. The third kappa shape index (κ3) is 4.75. The Morgan fingerprint density at radius 2 is 2.15 bits per heavy atom. The summed E-state index contributed by atoms with van der Waals surface area (Å²) in [4.78, 5) is 24.7. The highest BCUT2D eigenvalue weighted by Gasteiger charge is 2.11. The van der Waals surface area contributed by atoms with Gasteiger partial charge in [0.25, 0.3) is 6.47 Å². The van der Waals surface area contributed by atoms with Crippen LogP contribution >= 0.6 is 23.1 Å². The zero-order valence-corrected chi connectivity index (χ0v) is 15.6. The Balaban J connectivity index is 0.000000758. The van der Waals surface area contributed by atoms with Gasteiger partial charge in [0, 0.05) is 23.4 Å². The first-order valence-corrected chi connectivity index (χ1v) is 8.59. The SMILES string of the molecule is COCC(=O)Nc1cc2c(C)cc(-c3cnsc3)nc2cc1Cl.O=CO. The molecule has 0 aliphatic heterocycles. The van der Waals surface area contributed by atoms with Crippen LogP contribution in [0.4, 0.5) is 5.69 Å². The molecular formula is C17H16ClN3O4S. The number of amides is 1. The van der Waals surface area contributed by atoms with Gasteiger partial charge in [-0.05, 0) is 42.2 Å². The number of pyridine rings is 1. The van der Waals surface area contributed by atoms with E-state index < -0.39 is 0 Å². The molecule has 2 heterocycles. The average molecular weight is 394 g/mol. The number of carbonyl (C=O) groups excluding carboxylic acids is 1. The van der Waals surface area contributed by atoms with E-state index in [1.165, 1.54) is 18.6 Å². The molecule has 26 heavy (non-hydrogen) atoms. The number of carbonyl (C=O) groups is 2. The molecule has 2 aromatic heterocycles. The van der Waals surface area contributed by atoms with Crippen molar-refractivity contribution in [2.45, 2.75) is 6.92 Å². The Kier molecular flexibility index (Phi) is 7.02. The molecule has 0 unspecified atom stereocenters. The molecule has 1 aromatic carbocycles. The second kappa shape index (κ2) is 9.23. The van der Waals surface area contributed by atoms with Gasteiger partial charge < -0.3 is 15.2 Å². The van der Waals surface area contributed by atoms with Crippen LogP contribution in [0.25, 0.3) is 22.2 Å². The van der Waals surface area contributed by atoms with Gasteiger partial charge in [-0.15, -0.1) is 0 Å². The van der Waals surface area contributed by atoms with E-state index in [1.807, 2.05) is 24.4 Å². The van der Waals surface area contributed by atoms with Crippen LogP contribution in [0, 0.1) is 6.92 Å². The van der Waals surface area contributed by atoms with Crippen LogP contribution < -0.4 is 5.32 Å². The molecule has 0 atom stereocenters. The maximum atomic E-state index is 11.7. The Morgan fingerprint density at radius 1 is 1.42 bits per heavy atom. The van der Waals surface area contributed by atoms with Crippen molar-refractivity contribution in [2.75, 3.05) is 19.0 Å². The van der Waals surface area contributed by atoms with Crippen molar-refractivity contribution >= 4 is 52.1 Å². The van der Waals surface area contributed by atoms with Gasteiger partial charge in [0.2, 0.25) is 5.91 Å². The molecule has 3 aromatic rings. The lowest BCUT2D eigenvalue weighted by molar-refractivity contribution is -0.123. The minimum Gasteiger partial charge on any atom is -0.483 e. The number of hydrogen-bond acceptors (Lipinski definition) is 6. The van der Waals surface area contributed by atoms with E-state index in [2.05, 4.69) is 14.7 Å². The van der Waals surface area contributed by atoms with Crippen molar-refractivity contribution in [1.29, 1.82) is 0 Å². The number of nitrogens with one attached hydrogen (secondary N) is 1. The summed E-state index contributed by atoms with van der Waals surface area (Å²) < 4.78 is 8.92. The van der Waals surface area contributed by atoms with E-state index in [1.54, 1.807) is 12.3 Å². The molecule has 0 aliphatic carbocycles. The first-order chi connectivity index (χ1) is 12.5. The number of rotatable bonds is 4. The van der Waals surface area contributed by atoms with E-state index in [9.17, 15) is 4.79 Å². The average Bonchev–Trinajstić information content (AvgIpc) is 3.11. The normalized spacial score (nSPS) is 10.1. The highest BCUT2D eigenvalue weighted by Crippen LogP contribution is 2.31. The van der Waals surface area contributed by atoms with Gasteiger partial charge in [-0.2, -0.15) is 0 Å². The molecule has 2 N–H and O–H groups in total. The molecule has 0 saturated carbocycles. The molecule has 9 heteroatoms. The second-order valence-corrected chi connectivity index (χ2v) is 6.24. The second-order valence-electron chi connectivity index (χ2n) is 5.17. The summed E-state index contributed by atoms with van der Waals surface area (Å²) in [6.07, 6.45) is 1.79. The highest BCUT2D eigenvalue weighted by atomic mass is 35.5. The number of aryl methyl sites for hydroxylation is 1. The van der Waals surface area contributed by atoms with E-state index in [4.69, 9.17) is 26.2 Å². The number of aromatic nitrogens is 2. The minimum absolute atomic E-state index is 0.0182. The van der Waals surface area contributed by atoms with Crippen molar-refractivity contribution < 1.29 is 19.4 Å². The van der Waals surface area contributed by atoms with Gasteiger partial charge in [0.15, 0.2) is 0 Å². The fourth-order valence-corrected chi connectivity index (χ4v) is 3.04. The van der Waals surface area contributed by atoms with E-state index >= 15 is 0 Å². The molecule has 0 spiro atoms. The maximum absolute atomic E-state index is 11.7. The van der Waals surface area contributed by atoms with Gasteiger partial charge >= 0.3 is 0 Å². The molecule has 0 fully saturated rings. The van der Waals surface area contributed by atoms with Crippen molar-refractivity contribution in [3.63, 3.8) is 0 Å². The van der Waals surface area contributed by atoms with Crippen molar-refractivity contribution in [2.24, 2.45) is 0 Å². The number of benzene rings is 1. The summed E-state index contributed by atoms with van der Waals surface area (Å²) in [5.41, 5.74) is 4.22. The lowest BCUT2D eigenvalue weighted by atomic mass is 10.1. The zero-order valence-electron chi connectivity index (χ0n) is 14.0. The molecule has 0 bridgehead atoms. The monoisotopic (exact) mass is 393 g/mol. The maximum Gasteiger partial charge on any atom is 0.290 e. The molecule has 0 saturated heterocycles. The molecular weight excluding hydrogens is 378 g/mol.